The number of piperidine rings is 3. The summed E-state index contributed by atoms with van der Waals surface area (Å²) in [6.07, 6.45) is 11.6. The Bertz CT molecular complexity index is 564. The highest BCUT2D eigenvalue weighted by atomic mass is 16.4. The van der Waals surface area contributed by atoms with E-state index >= 15 is 0 Å². The molecule has 4 aliphatic rings. The van der Waals surface area contributed by atoms with Gasteiger partial charge in [-0.15, -0.1) is 0 Å². The molecule has 0 aromatic carbocycles. The number of carboxylic acids is 1. The molecule has 164 valence electrons. The molecule has 3 saturated heterocycles. The molecule has 1 saturated carbocycles. The molecule has 4 rings (SSSR count). The molecule has 4 fully saturated rings. The predicted molar refractivity (Wildman–Crippen MR) is 113 cm³/mol. The molecule has 0 bridgehead atoms. The van der Waals surface area contributed by atoms with Crippen LogP contribution in [-0.4, -0.2) is 72.6 Å². The summed E-state index contributed by atoms with van der Waals surface area (Å²) >= 11 is 0. The Morgan fingerprint density at radius 3 is 2.00 bits per heavy atom. The molecule has 0 radical (unpaired) electrons. The quantitative estimate of drug-likeness (QED) is 0.752. The van der Waals surface area contributed by atoms with Crippen LogP contribution < -0.4 is 5.32 Å². The Kier molecular flexibility index (Phi) is 6.80. The molecule has 0 unspecified atom stereocenters. The zero-order chi connectivity index (χ0) is 20.3. The zero-order valence-corrected chi connectivity index (χ0v) is 17.9. The van der Waals surface area contributed by atoms with Gasteiger partial charge in [-0.2, -0.15) is 0 Å². The van der Waals surface area contributed by atoms with Gasteiger partial charge in [0.1, 0.15) is 0 Å². The van der Waals surface area contributed by atoms with Crippen molar-refractivity contribution in [2.24, 2.45) is 23.2 Å². The Hall–Kier alpha value is -1.14. The maximum atomic E-state index is 13.1. The van der Waals surface area contributed by atoms with Crippen molar-refractivity contribution in [3.05, 3.63) is 0 Å². The van der Waals surface area contributed by atoms with Gasteiger partial charge >= 0.3 is 5.97 Å². The number of rotatable bonds is 4. The summed E-state index contributed by atoms with van der Waals surface area (Å²) in [5, 5.41) is 12.5. The van der Waals surface area contributed by atoms with E-state index in [4.69, 9.17) is 5.11 Å². The third-order valence-electron chi connectivity index (χ3n) is 8.57. The van der Waals surface area contributed by atoms with Gasteiger partial charge in [0.2, 0.25) is 5.91 Å². The standard InChI is InChI=1S/C23H39N3O3/c27-21(28)17-25-15-9-23(10-16-25)7-1-20(2-8-23)22(29)26-13-5-19(6-14-26)18-3-11-24-12-4-18/h18-20,24H,1-17H2,(H,27,28). The molecular formula is C23H39N3O3. The van der Waals surface area contributed by atoms with Crippen LogP contribution >= 0.6 is 0 Å². The first-order valence-corrected chi connectivity index (χ1v) is 12.0. The van der Waals surface area contributed by atoms with E-state index < -0.39 is 5.97 Å². The van der Waals surface area contributed by atoms with Crippen LogP contribution in [0.3, 0.4) is 0 Å². The number of carbonyl (C=O) groups excluding carboxylic acids is 1. The molecule has 29 heavy (non-hydrogen) atoms. The van der Waals surface area contributed by atoms with Crippen LogP contribution in [-0.2, 0) is 9.59 Å². The van der Waals surface area contributed by atoms with Crippen LogP contribution in [0.2, 0.25) is 0 Å². The lowest BCUT2D eigenvalue weighted by Gasteiger charge is -2.46. The number of hydrogen-bond donors (Lipinski definition) is 2. The topological polar surface area (TPSA) is 72.9 Å². The fourth-order valence-electron chi connectivity index (χ4n) is 6.52. The smallest absolute Gasteiger partial charge is 0.317 e. The fourth-order valence-corrected chi connectivity index (χ4v) is 6.52. The summed E-state index contributed by atoms with van der Waals surface area (Å²) in [7, 11) is 0. The molecule has 0 aromatic rings. The maximum absolute atomic E-state index is 13.1. The second kappa shape index (κ2) is 9.34. The van der Waals surface area contributed by atoms with Crippen molar-refractivity contribution in [1.82, 2.24) is 15.1 Å². The molecular weight excluding hydrogens is 366 g/mol. The van der Waals surface area contributed by atoms with E-state index in [9.17, 15) is 9.59 Å². The van der Waals surface area contributed by atoms with Crippen LogP contribution in [0.25, 0.3) is 0 Å². The Balaban J connectivity index is 1.20. The lowest BCUT2D eigenvalue weighted by Crippen LogP contribution is -2.47. The highest BCUT2D eigenvalue weighted by Crippen LogP contribution is 2.46. The first-order chi connectivity index (χ1) is 14.0. The number of amides is 1. The predicted octanol–water partition coefficient (Wildman–Crippen LogP) is 2.58. The van der Waals surface area contributed by atoms with Gasteiger partial charge < -0.3 is 15.3 Å². The molecule has 0 aromatic heterocycles. The molecule has 6 nitrogen and oxygen atoms in total. The minimum Gasteiger partial charge on any atom is -0.480 e. The second-order valence-electron chi connectivity index (χ2n) is 10.2. The van der Waals surface area contributed by atoms with Crippen LogP contribution in [0.4, 0.5) is 0 Å². The highest BCUT2D eigenvalue weighted by molar-refractivity contribution is 5.79. The van der Waals surface area contributed by atoms with E-state index in [1.165, 1.54) is 38.8 Å². The van der Waals surface area contributed by atoms with Crippen molar-refractivity contribution in [2.45, 2.75) is 64.2 Å². The van der Waals surface area contributed by atoms with Crippen molar-refractivity contribution >= 4 is 11.9 Å². The largest absolute Gasteiger partial charge is 0.480 e. The van der Waals surface area contributed by atoms with Gasteiger partial charge in [-0.3, -0.25) is 14.5 Å². The Morgan fingerprint density at radius 2 is 1.41 bits per heavy atom. The molecule has 1 aliphatic carbocycles. The van der Waals surface area contributed by atoms with Crippen LogP contribution in [0.5, 0.6) is 0 Å². The van der Waals surface area contributed by atoms with Gasteiger partial charge in [-0.05, 0) is 108 Å². The summed E-state index contributed by atoms with van der Waals surface area (Å²) in [6.45, 7) is 6.25. The van der Waals surface area contributed by atoms with Crippen LogP contribution in [0.15, 0.2) is 0 Å². The number of hydrogen-bond acceptors (Lipinski definition) is 4. The lowest BCUT2D eigenvalue weighted by atomic mass is 9.65. The summed E-state index contributed by atoms with van der Waals surface area (Å²) in [6, 6.07) is 0. The van der Waals surface area contributed by atoms with E-state index in [2.05, 4.69) is 15.1 Å². The SMILES string of the molecule is O=C(O)CN1CCC2(CCC(C(=O)N3CCC(C4CCNCC4)CC3)CC2)CC1. The van der Waals surface area contributed by atoms with E-state index in [1.807, 2.05) is 0 Å². The average Bonchev–Trinajstić information content (AvgIpc) is 2.76. The molecule has 1 amide bonds. The second-order valence-corrected chi connectivity index (χ2v) is 10.2. The van der Waals surface area contributed by atoms with Crippen LogP contribution in [0.1, 0.15) is 64.2 Å². The molecule has 0 atom stereocenters. The minimum absolute atomic E-state index is 0.171. The van der Waals surface area contributed by atoms with Gasteiger partial charge in [0.25, 0.3) is 0 Å². The summed E-state index contributed by atoms with van der Waals surface area (Å²) in [5.41, 5.74) is 0.369. The van der Waals surface area contributed by atoms with E-state index in [1.54, 1.807) is 0 Å². The monoisotopic (exact) mass is 405 g/mol. The van der Waals surface area contributed by atoms with Crippen molar-refractivity contribution in [3.8, 4) is 0 Å². The molecule has 1 spiro atoms. The summed E-state index contributed by atoms with van der Waals surface area (Å²) in [5.74, 6) is 1.63. The number of carboxylic acid groups (broad SMARTS) is 1. The number of likely N-dealkylation sites (tertiary alicyclic amines) is 2. The number of nitrogens with zero attached hydrogens (tertiary/aromatic N) is 2. The van der Waals surface area contributed by atoms with E-state index in [-0.39, 0.29) is 12.5 Å². The van der Waals surface area contributed by atoms with Gasteiger partial charge in [-0.1, -0.05) is 0 Å². The first kappa shape index (κ1) is 21.1. The van der Waals surface area contributed by atoms with Gasteiger partial charge in [0.15, 0.2) is 0 Å². The van der Waals surface area contributed by atoms with Crippen molar-refractivity contribution in [2.75, 3.05) is 45.8 Å². The summed E-state index contributed by atoms with van der Waals surface area (Å²) in [4.78, 5) is 28.3. The maximum Gasteiger partial charge on any atom is 0.317 e. The minimum atomic E-state index is -0.723. The van der Waals surface area contributed by atoms with Gasteiger partial charge in [0, 0.05) is 19.0 Å². The normalized spacial score (nSPS) is 27.9. The summed E-state index contributed by atoms with van der Waals surface area (Å²) < 4.78 is 0. The zero-order valence-electron chi connectivity index (χ0n) is 17.9. The molecule has 2 N–H and O–H groups in total. The fraction of sp³-hybridized carbons (Fsp3) is 0.913. The number of carbonyl (C=O) groups is 2. The Morgan fingerprint density at radius 1 is 0.828 bits per heavy atom. The highest BCUT2D eigenvalue weighted by Gasteiger charge is 2.41. The third kappa shape index (κ3) is 5.13. The van der Waals surface area contributed by atoms with Crippen molar-refractivity contribution in [3.63, 3.8) is 0 Å². The van der Waals surface area contributed by atoms with Gasteiger partial charge in [0.05, 0.1) is 6.54 Å². The first-order valence-electron chi connectivity index (χ1n) is 12.0. The number of aliphatic carboxylic acids is 1. The molecule has 3 heterocycles. The van der Waals surface area contributed by atoms with Gasteiger partial charge in [-0.25, -0.2) is 0 Å². The Labute approximate surface area is 175 Å². The number of nitrogens with one attached hydrogen (secondary N) is 1. The van der Waals surface area contributed by atoms with Crippen molar-refractivity contribution in [1.29, 1.82) is 0 Å². The lowest BCUT2D eigenvalue weighted by molar-refractivity contribution is -0.141. The average molecular weight is 406 g/mol. The molecule has 3 aliphatic heterocycles. The molecule has 6 heteroatoms. The van der Waals surface area contributed by atoms with Crippen molar-refractivity contribution < 1.29 is 14.7 Å². The third-order valence-corrected chi connectivity index (χ3v) is 8.57. The van der Waals surface area contributed by atoms with Crippen LogP contribution in [0, 0.1) is 23.2 Å². The van der Waals surface area contributed by atoms with E-state index in [0.29, 0.717) is 11.3 Å². The van der Waals surface area contributed by atoms with E-state index in [0.717, 1.165) is 76.5 Å².